The summed E-state index contributed by atoms with van der Waals surface area (Å²) in [6.07, 6.45) is 0. The van der Waals surface area contributed by atoms with Crippen molar-refractivity contribution in [1.82, 2.24) is 0 Å². The van der Waals surface area contributed by atoms with E-state index in [1.807, 2.05) is 11.8 Å². The van der Waals surface area contributed by atoms with Crippen LogP contribution in [-0.2, 0) is 5.41 Å². The Morgan fingerprint density at radius 3 is 1.76 bits per heavy atom. The summed E-state index contributed by atoms with van der Waals surface area (Å²) < 4.78 is 0. The van der Waals surface area contributed by atoms with E-state index in [0.717, 1.165) is 0 Å². The van der Waals surface area contributed by atoms with E-state index in [4.69, 9.17) is 0 Å². The second kappa shape index (κ2) is 8.88. The molecule has 0 bridgehead atoms. The van der Waals surface area contributed by atoms with Crippen molar-refractivity contribution in [1.29, 1.82) is 0 Å². The molecule has 0 radical (unpaired) electrons. The molecule has 3 aliphatic rings. The average molecular weight is 599 g/mol. The molecule has 1 heterocycles. The summed E-state index contributed by atoms with van der Waals surface area (Å²) in [5, 5.41) is 5.28. The fourth-order valence-electron chi connectivity index (χ4n) is 9.00. The zero-order valence-corrected chi connectivity index (χ0v) is 25.7. The van der Waals surface area contributed by atoms with Gasteiger partial charge < -0.3 is 0 Å². The Kier molecular flexibility index (Phi) is 4.80. The number of rotatable bonds is 1. The van der Waals surface area contributed by atoms with Crippen molar-refractivity contribution in [2.24, 2.45) is 0 Å². The van der Waals surface area contributed by atoms with E-state index in [1.54, 1.807) is 0 Å². The molecule has 46 heavy (non-hydrogen) atoms. The molecule has 0 aromatic heterocycles. The lowest BCUT2D eigenvalue weighted by atomic mass is 9.70. The molecule has 0 saturated heterocycles. The molecule has 1 atom stereocenters. The Balaban J connectivity index is 1.29. The van der Waals surface area contributed by atoms with E-state index in [0.29, 0.717) is 0 Å². The minimum atomic E-state index is -0.384. The highest BCUT2D eigenvalue weighted by atomic mass is 32.2. The predicted molar refractivity (Wildman–Crippen MR) is 193 cm³/mol. The average Bonchev–Trinajstić information content (AvgIpc) is 3.60. The number of benzene rings is 8. The highest BCUT2D eigenvalue weighted by Crippen LogP contribution is 2.65. The van der Waals surface area contributed by atoms with E-state index in [1.165, 1.54) is 98.1 Å². The first kappa shape index (κ1) is 24.9. The molecule has 8 aromatic rings. The van der Waals surface area contributed by atoms with Crippen molar-refractivity contribution in [2.75, 3.05) is 0 Å². The van der Waals surface area contributed by atoms with Gasteiger partial charge >= 0.3 is 0 Å². The van der Waals surface area contributed by atoms with Crippen LogP contribution in [0.15, 0.2) is 168 Å². The highest BCUT2D eigenvalue weighted by Gasteiger charge is 2.52. The van der Waals surface area contributed by atoms with Crippen molar-refractivity contribution >= 4 is 33.3 Å². The summed E-state index contributed by atoms with van der Waals surface area (Å²) in [6, 6.07) is 59.4. The molecule has 0 fully saturated rings. The van der Waals surface area contributed by atoms with E-state index in [-0.39, 0.29) is 5.41 Å². The van der Waals surface area contributed by atoms with E-state index in [9.17, 15) is 0 Å². The van der Waals surface area contributed by atoms with Crippen molar-refractivity contribution in [2.45, 2.75) is 15.2 Å². The van der Waals surface area contributed by atoms with Gasteiger partial charge in [0.15, 0.2) is 0 Å². The quantitative estimate of drug-likeness (QED) is 0.181. The maximum absolute atomic E-state index is 2.41. The van der Waals surface area contributed by atoms with Gasteiger partial charge in [-0.1, -0.05) is 157 Å². The van der Waals surface area contributed by atoms with Gasteiger partial charge in [-0.3, -0.25) is 0 Å². The fourth-order valence-corrected chi connectivity index (χ4v) is 10.1. The van der Waals surface area contributed by atoms with Crippen LogP contribution in [0, 0.1) is 0 Å². The molecule has 0 N–H and O–H groups in total. The third kappa shape index (κ3) is 2.93. The van der Waals surface area contributed by atoms with E-state index < -0.39 is 0 Å². The lowest BCUT2D eigenvalue weighted by Crippen LogP contribution is -2.25. The minimum absolute atomic E-state index is 0.384. The zero-order chi connectivity index (χ0) is 30.0. The first-order valence-corrected chi connectivity index (χ1v) is 16.8. The maximum Gasteiger partial charge on any atom is 0.0725 e. The van der Waals surface area contributed by atoms with Gasteiger partial charge in [0.05, 0.1) is 5.41 Å². The number of fused-ring (bicyclic) bond motifs is 14. The molecule has 1 unspecified atom stereocenters. The Bertz CT molecular complexity index is 2630. The standard InChI is InChI=1S/C45H26S/c1-2-13-29-27(11-1)24-26-38-42(29)32-14-3-6-18-35(32)45(38)36-19-7-4-15-33(36)43-30(17-10-20-37(43)45)31-25-23-28-12-9-22-40-41(28)44(31)34-16-5-8-21-39(34)46-40/h1-26H. The van der Waals surface area contributed by atoms with Crippen LogP contribution < -0.4 is 0 Å². The molecule has 1 aliphatic heterocycles. The summed E-state index contributed by atoms with van der Waals surface area (Å²) >= 11 is 1.89. The van der Waals surface area contributed by atoms with Gasteiger partial charge in [0.1, 0.15) is 0 Å². The molecule has 2 aliphatic carbocycles. The van der Waals surface area contributed by atoms with Crippen LogP contribution in [0.25, 0.3) is 66.1 Å². The van der Waals surface area contributed by atoms with Gasteiger partial charge in [0.25, 0.3) is 0 Å². The molecule has 212 valence electrons. The normalized spacial score (nSPS) is 16.3. The third-order valence-corrected chi connectivity index (χ3v) is 11.8. The first-order chi connectivity index (χ1) is 22.8. The molecule has 1 spiro atoms. The van der Waals surface area contributed by atoms with Gasteiger partial charge in [-0.15, -0.1) is 0 Å². The van der Waals surface area contributed by atoms with Gasteiger partial charge in [-0.2, -0.15) is 0 Å². The second-order valence-corrected chi connectivity index (χ2v) is 13.8. The molecule has 11 rings (SSSR count). The Labute approximate surface area is 272 Å². The van der Waals surface area contributed by atoms with Gasteiger partial charge in [-0.25, -0.2) is 0 Å². The Hall–Kier alpha value is -5.37. The summed E-state index contributed by atoms with van der Waals surface area (Å²) in [7, 11) is 0. The lowest BCUT2D eigenvalue weighted by Gasteiger charge is -2.31. The summed E-state index contributed by atoms with van der Waals surface area (Å²) in [6.45, 7) is 0. The topological polar surface area (TPSA) is 0 Å². The van der Waals surface area contributed by atoms with Gasteiger partial charge in [-0.05, 0) is 95.1 Å². The van der Waals surface area contributed by atoms with Crippen molar-refractivity contribution in [3.05, 3.63) is 180 Å². The molecule has 0 saturated carbocycles. The van der Waals surface area contributed by atoms with Crippen molar-refractivity contribution in [3.63, 3.8) is 0 Å². The summed E-state index contributed by atoms with van der Waals surface area (Å²) in [5.74, 6) is 0. The van der Waals surface area contributed by atoms with Gasteiger partial charge in [0.2, 0.25) is 0 Å². The number of hydrogen-bond acceptors (Lipinski definition) is 1. The minimum Gasteiger partial charge on any atom is -0.0888 e. The monoisotopic (exact) mass is 598 g/mol. The van der Waals surface area contributed by atoms with Crippen molar-refractivity contribution < 1.29 is 0 Å². The van der Waals surface area contributed by atoms with Crippen LogP contribution in [0.5, 0.6) is 0 Å². The number of hydrogen-bond donors (Lipinski definition) is 0. The summed E-state index contributed by atoms with van der Waals surface area (Å²) in [5.41, 5.74) is 15.9. The van der Waals surface area contributed by atoms with Crippen molar-refractivity contribution in [3.8, 4) is 44.5 Å². The van der Waals surface area contributed by atoms with Crippen LogP contribution >= 0.6 is 11.8 Å². The van der Waals surface area contributed by atoms with Crippen LogP contribution in [0.3, 0.4) is 0 Å². The first-order valence-electron chi connectivity index (χ1n) is 16.0. The van der Waals surface area contributed by atoms with Crippen LogP contribution in [0.1, 0.15) is 22.3 Å². The molecule has 0 nitrogen and oxygen atoms in total. The third-order valence-electron chi connectivity index (χ3n) is 10.7. The largest absolute Gasteiger partial charge is 0.0888 e. The lowest BCUT2D eigenvalue weighted by molar-refractivity contribution is 0.794. The Morgan fingerprint density at radius 2 is 0.891 bits per heavy atom. The predicted octanol–water partition coefficient (Wildman–Crippen LogP) is 12.1. The maximum atomic E-state index is 2.41. The smallest absolute Gasteiger partial charge is 0.0725 e. The molecule has 1 heteroatoms. The highest BCUT2D eigenvalue weighted by molar-refractivity contribution is 7.99. The fraction of sp³-hybridized carbons (Fsp3) is 0.0222. The van der Waals surface area contributed by atoms with Crippen LogP contribution in [-0.4, -0.2) is 0 Å². The molecule has 0 amide bonds. The van der Waals surface area contributed by atoms with E-state index in [2.05, 4.69) is 158 Å². The summed E-state index contributed by atoms with van der Waals surface area (Å²) in [4.78, 5) is 2.66. The van der Waals surface area contributed by atoms with Gasteiger partial charge in [0, 0.05) is 15.2 Å². The van der Waals surface area contributed by atoms with Crippen LogP contribution in [0.4, 0.5) is 0 Å². The SMILES string of the molecule is c1ccc2c(c1)Sc1cccc3ccc(-c4cccc5c4-c4ccccc4C54c5ccccc5-c5c4ccc4ccccc54)c-2c13. The molecular formula is C45H26S. The second-order valence-electron chi connectivity index (χ2n) is 12.7. The molecule has 8 aromatic carbocycles. The van der Waals surface area contributed by atoms with Crippen LogP contribution in [0.2, 0.25) is 0 Å². The zero-order valence-electron chi connectivity index (χ0n) is 24.9. The van der Waals surface area contributed by atoms with E-state index >= 15 is 0 Å². The molecular weight excluding hydrogens is 573 g/mol. The Morgan fingerprint density at radius 1 is 0.326 bits per heavy atom.